The summed E-state index contributed by atoms with van der Waals surface area (Å²) < 4.78 is 5.64. The van der Waals surface area contributed by atoms with Gasteiger partial charge in [0.15, 0.2) is 0 Å². The van der Waals surface area contributed by atoms with Crippen LogP contribution >= 0.6 is 0 Å². The summed E-state index contributed by atoms with van der Waals surface area (Å²) in [4.78, 5) is 40.9. The molecule has 3 amide bonds. The predicted octanol–water partition coefficient (Wildman–Crippen LogP) is 3.30. The van der Waals surface area contributed by atoms with Crippen LogP contribution in [0.5, 0.6) is 0 Å². The Balaban J connectivity index is 1.57. The minimum atomic E-state index is -0.965. The number of carbonyl (C=O) groups is 3. The minimum Gasteiger partial charge on any atom is -0.447 e. The summed E-state index contributed by atoms with van der Waals surface area (Å²) in [6, 6.07) is 18.1. The molecule has 1 heterocycles. The van der Waals surface area contributed by atoms with Gasteiger partial charge in [-0.2, -0.15) is 0 Å². The lowest BCUT2D eigenvalue weighted by atomic mass is 9.97. The summed E-state index contributed by atoms with van der Waals surface area (Å²) >= 11 is 0. The monoisotopic (exact) mass is 409 g/mol. The summed E-state index contributed by atoms with van der Waals surface area (Å²) in [7, 11) is 3.27. The van der Waals surface area contributed by atoms with Gasteiger partial charge in [-0.3, -0.25) is 9.59 Å². The number of hydrogen-bond donors (Lipinski definition) is 1. The number of amides is 3. The van der Waals surface area contributed by atoms with Crippen LogP contribution in [0.3, 0.4) is 0 Å². The summed E-state index contributed by atoms with van der Waals surface area (Å²) in [5.41, 5.74) is 1.38. The second kappa shape index (κ2) is 9.91. The Morgan fingerprint density at radius 3 is 2.10 bits per heavy atom. The zero-order valence-corrected chi connectivity index (χ0v) is 17.3. The average Bonchev–Trinajstić information content (AvgIpc) is 2.78. The molecule has 0 radical (unpaired) electrons. The molecule has 1 saturated heterocycles. The number of hydrogen-bond acceptors (Lipinski definition) is 4. The number of carbonyl (C=O) groups excluding carboxylic acids is 3. The van der Waals surface area contributed by atoms with Crippen LogP contribution < -0.4 is 5.32 Å². The Labute approximate surface area is 176 Å². The molecule has 1 N–H and O–H groups in total. The van der Waals surface area contributed by atoms with E-state index in [0.29, 0.717) is 31.5 Å². The quantitative estimate of drug-likeness (QED) is 0.769. The third-order valence-corrected chi connectivity index (χ3v) is 5.14. The normalized spacial score (nSPS) is 15.2. The van der Waals surface area contributed by atoms with E-state index >= 15 is 0 Å². The van der Waals surface area contributed by atoms with Crippen molar-refractivity contribution in [3.8, 4) is 0 Å². The molecule has 2 aromatic rings. The molecule has 0 bridgehead atoms. The van der Waals surface area contributed by atoms with Crippen molar-refractivity contribution in [3.63, 3.8) is 0 Å². The van der Waals surface area contributed by atoms with Gasteiger partial charge in [-0.1, -0.05) is 48.5 Å². The maximum absolute atomic E-state index is 12.8. The molecule has 3 rings (SSSR count). The highest BCUT2D eigenvalue weighted by atomic mass is 16.5. The van der Waals surface area contributed by atoms with Gasteiger partial charge in [0.1, 0.15) is 0 Å². The van der Waals surface area contributed by atoms with Gasteiger partial charge in [0.05, 0.1) is 5.92 Å². The molecule has 1 aliphatic heterocycles. The van der Waals surface area contributed by atoms with Crippen molar-refractivity contribution in [3.05, 3.63) is 66.2 Å². The van der Waals surface area contributed by atoms with Crippen molar-refractivity contribution in [2.45, 2.75) is 18.9 Å². The van der Waals surface area contributed by atoms with Crippen LogP contribution in [0.1, 0.15) is 24.5 Å². The third-order valence-electron chi connectivity index (χ3n) is 5.14. The molecular formula is C23H27N3O4. The Morgan fingerprint density at radius 1 is 0.967 bits per heavy atom. The number of nitrogens with one attached hydrogen (secondary N) is 1. The number of nitrogens with zero attached hydrogens (tertiary/aromatic N) is 2. The van der Waals surface area contributed by atoms with E-state index in [1.165, 1.54) is 4.90 Å². The molecule has 2 aromatic carbocycles. The first-order valence-corrected chi connectivity index (χ1v) is 10.0. The zero-order valence-electron chi connectivity index (χ0n) is 17.3. The van der Waals surface area contributed by atoms with E-state index in [9.17, 15) is 14.4 Å². The van der Waals surface area contributed by atoms with Crippen molar-refractivity contribution in [1.29, 1.82) is 0 Å². The van der Waals surface area contributed by atoms with Crippen LogP contribution in [0.2, 0.25) is 0 Å². The fourth-order valence-corrected chi connectivity index (χ4v) is 3.38. The molecule has 0 aromatic heterocycles. The van der Waals surface area contributed by atoms with Crippen LogP contribution in [-0.4, -0.2) is 54.9 Å². The maximum atomic E-state index is 12.8. The molecule has 1 aliphatic rings. The number of likely N-dealkylation sites (tertiary alicyclic amines) is 1. The third kappa shape index (κ3) is 5.37. The summed E-state index contributed by atoms with van der Waals surface area (Å²) in [6.45, 7) is 0.909. The highest BCUT2D eigenvalue weighted by Gasteiger charge is 2.33. The van der Waals surface area contributed by atoms with Crippen LogP contribution in [0, 0.1) is 5.92 Å². The molecular weight excluding hydrogens is 382 g/mol. The number of esters is 1. The number of piperidine rings is 1. The fourth-order valence-electron chi connectivity index (χ4n) is 3.38. The standard InChI is InChI=1S/C23H27N3O4/c1-25(2)21(27)20(17-9-5-3-6-10-17)30-22(28)18-13-15-26(16-14-18)23(29)24-19-11-7-4-8-12-19/h3-12,18,20H,13-16H2,1-2H3,(H,24,29)/t20-/m0/s1. The SMILES string of the molecule is CN(C)C(=O)[C@@H](OC(=O)C1CCN(C(=O)Nc2ccccc2)CC1)c1ccccc1. The summed E-state index contributed by atoms with van der Waals surface area (Å²) in [5.74, 6) is -1.02. The van der Waals surface area contributed by atoms with Gasteiger partial charge < -0.3 is 19.9 Å². The number of para-hydroxylation sites is 1. The van der Waals surface area contributed by atoms with Gasteiger partial charge in [0, 0.05) is 38.4 Å². The molecule has 30 heavy (non-hydrogen) atoms. The number of rotatable bonds is 5. The van der Waals surface area contributed by atoms with Crippen molar-refractivity contribution in [2.24, 2.45) is 5.92 Å². The van der Waals surface area contributed by atoms with Gasteiger partial charge in [0.2, 0.25) is 6.10 Å². The summed E-state index contributed by atoms with van der Waals surface area (Å²) in [5, 5.41) is 2.86. The van der Waals surface area contributed by atoms with Crippen LogP contribution in [0.15, 0.2) is 60.7 Å². The first-order valence-electron chi connectivity index (χ1n) is 10.0. The van der Waals surface area contributed by atoms with Gasteiger partial charge in [-0.25, -0.2) is 4.79 Å². The molecule has 1 fully saturated rings. The maximum Gasteiger partial charge on any atom is 0.321 e. The van der Waals surface area contributed by atoms with E-state index in [1.54, 1.807) is 31.1 Å². The van der Waals surface area contributed by atoms with Gasteiger partial charge in [-0.05, 0) is 25.0 Å². The second-order valence-electron chi connectivity index (χ2n) is 7.52. The Hall–Kier alpha value is -3.35. The number of urea groups is 1. The molecule has 7 nitrogen and oxygen atoms in total. The van der Waals surface area contributed by atoms with Crippen LogP contribution in [0.4, 0.5) is 10.5 Å². The van der Waals surface area contributed by atoms with Crippen molar-refractivity contribution in [2.75, 3.05) is 32.5 Å². The van der Waals surface area contributed by atoms with Crippen molar-refractivity contribution < 1.29 is 19.1 Å². The average molecular weight is 409 g/mol. The molecule has 0 saturated carbocycles. The van der Waals surface area contributed by atoms with E-state index in [-0.39, 0.29) is 17.9 Å². The predicted molar refractivity (Wildman–Crippen MR) is 114 cm³/mol. The molecule has 1 atom stereocenters. The highest BCUT2D eigenvalue weighted by molar-refractivity contribution is 5.89. The number of ether oxygens (including phenoxy) is 1. The number of likely N-dealkylation sites (N-methyl/N-ethyl adjacent to an activating group) is 1. The first kappa shape index (κ1) is 21.4. The summed E-state index contributed by atoms with van der Waals surface area (Å²) in [6.07, 6.45) is 0.0327. The van der Waals surface area contributed by atoms with E-state index < -0.39 is 12.1 Å². The lowest BCUT2D eigenvalue weighted by molar-refractivity contribution is -0.164. The smallest absolute Gasteiger partial charge is 0.321 e. The highest BCUT2D eigenvalue weighted by Crippen LogP contribution is 2.25. The molecule has 0 spiro atoms. The Bertz CT molecular complexity index is 863. The van der Waals surface area contributed by atoms with Crippen molar-refractivity contribution in [1.82, 2.24) is 9.80 Å². The van der Waals surface area contributed by atoms with Crippen LogP contribution in [-0.2, 0) is 14.3 Å². The van der Waals surface area contributed by atoms with Gasteiger partial charge in [-0.15, -0.1) is 0 Å². The molecule has 0 aliphatic carbocycles. The van der Waals surface area contributed by atoms with Gasteiger partial charge in [0.25, 0.3) is 5.91 Å². The van der Waals surface area contributed by atoms with Crippen LogP contribution in [0.25, 0.3) is 0 Å². The topological polar surface area (TPSA) is 79.0 Å². The lowest BCUT2D eigenvalue weighted by Crippen LogP contribution is -2.43. The van der Waals surface area contributed by atoms with E-state index in [0.717, 1.165) is 5.69 Å². The first-order chi connectivity index (χ1) is 14.5. The van der Waals surface area contributed by atoms with E-state index in [4.69, 9.17) is 4.74 Å². The van der Waals surface area contributed by atoms with E-state index in [1.807, 2.05) is 48.5 Å². The Kier molecular flexibility index (Phi) is 7.06. The fraction of sp³-hybridized carbons (Fsp3) is 0.348. The second-order valence-corrected chi connectivity index (χ2v) is 7.52. The molecule has 0 unspecified atom stereocenters. The lowest BCUT2D eigenvalue weighted by Gasteiger charge is -2.32. The van der Waals surface area contributed by atoms with E-state index in [2.05, 4.69) is 5.32 Å². The molecule has 158 valence electrons. The largest absolute Gasteiger partial charge is 0.447 e. The number of benzene rings is 2. The van der Waals surface area contributed by atoms with Crippen molar-refractivity contribution >= 4 is 23.6 Å². The molecule has 7 heteroatoms. The van der Waals surface area contributed by atoms with Gasteiger partial charge >= 0.3 is 12.0 Å². The zero-order chi connectivity index (χ0) is 21.5. The minimum absolute atomic E-state index is 0.182. The Morgan fingerprint density at radius 2 is 1.53 bits per heavy atom. The number of anilines is 1.